The van der Waals surface area contributed by atoms with Gasteiger partial charge < -0.3 is 25.2 Å². The van der Waals surface area contributed by atoms with Crippen molar-refractivity contribution in [3.63, 3.8) is 0 Å². The van der Waals surface area contributed by atoms with Gasteiger partial charge in [-0.25, -0.2) is 0 Å². The van der Waals surface area contributed by atoms with Crippen LogP contribution in [0.4, 0.5) is 0 Å². The van der Waals surface area contributed by atoms with Gasteiger partial charge in [-0.3, -0.25) is 9.79 Å². The number of likely N-dealkylation sites (tertiary alicyclic amines) is 1. The Hall–Kier alpha value is -2.33. The Bertz CT molecular complexity index is 917. The van der Waals surface area contributed by atoms with Crippen molar-refractivity contribution in [2.45, 2.75) is 18.9 Å². The van der Waals surface area contributed by atoms with Gasteiger partial charge >= 0.3 is 0 Å². The lowest BCUT2D eigenvalue weighted by atomic mass is 9.98. The van der Waals surface area contributed by atoms with E-state index >= 15 is 0 Å². The number of amides is 1. The topological polar surface area (TPSA) is 69.2 Å². The molecular weight excluding hydrogens is 529 g/mol. The van der Waals surface area contributed by atoms with Gasteiger partial charge in [0, 0.05) is 51.3 Å². The number of benzene rings is 2. The SMILES string of the molecule is CN=C(NCc1cccc(C(=O)NCCN(C)C)c1)N1CCC(c2ccc(OC)cc2)C1.I. The smallest absolute Gasteiger partial charge is 0.251 e. The maximum Gasteiger partial charge on any atom is 0.251 e. The summed E-state index contributed by atoms with van der Waals surface area (Å²) in [5.74, 6) is 2.21. The lowest BCUT2D eigenvalue weighted by Gasteiger charge is -2.22. The van der Waals surface area contributed by atoms with E-state index in [0.717, 1.165) is 43.3 Å². The Morgan fingerprint density at radius 3 is 2.61 bits per heavy atom. The van der Waals surface area contributed by atoms with E-state index in [4.69, 9.17) is 4.74 Å². The van der Waals surface area contributed by atoms with Crippen LogP contribution in [0.2, 0.25) is 0 Å². The van der Waals surface area contributed by atoms with Crippen molar-refractivity contribution in [1.82, 2.24) is 20.4 Å². The van der Waals surface area contributed by atoms with Gasteiger partial charge in [-0.2, -0.15) is 0 Å². The minimum atomic E-state index is -0.0417. The molecule has 1 atom stereocenters. The fourth-order valence-electron chi connectivity index (χ4n) is 3.93. The lowest BCUT2D eigenvalue weighted by molar-refractivity contribution is 0.0951. The van der Waals surface area contributed by atoms with Gasteiger partial charge in [0.2, 0.25) is 0 Å². The average Bonchev–Trinajstić information content (AvgIpc) is 3.29. The summed E-state index contributed by atoms with van der Waals surface area (Å²) in [6.07, 6.45) is 1.09. The number of aliphatic imine (C=N–C) groups is 1. The second kappa shape index (κ2) is 13.4. The number of nitrogens with zero attached hydrogens (tertiary/aromatic N) is 3. The zero-order valence-electron chi connectivity index (χ0n) is 20.0. The normalized spacial score (nSPS) is 15.8. The number of hydrogen-bond acceptors (Lipinski definition) is 4. The third-order valence-corrected chi connectivity index (χ3v) is 5.77. The molecule has 0 aliphatic carbocycles. The van der Waals surface area contributed by atoms with Crippen LogP contribution in [0.25, 0.3) is 0 Å². The number of rotatable bonds is 8. The highest BCUT2D eigenvalue weighted by atomic mass is 127. The van der Waals surface area contributed by atoms with E-state index in [1.165, 1.54) is 5.56 Å². The number of halogens is 1. The Kier molecular flexibility index (Phi) is 10.9. The molecule has 1 saturated heterocycles. The molecule has 2 N–H and O–H groups in total. The lowest BCUT2D eigenvalue weighted by Crippen LogP contribution is -2.39. The highest BCUT2D eigenvalue weighted by Crippen LogP contribution is 2.28. The van der Waals surface area contributed by atoms with Gasteiger partial charge in [0.15, 0.2) is 5.96 Å². The van der Waals surface area contributed by atoms with Crippen molar-refractivity contribution >= 4 is 35.8 Å². The molecule has 7 nitrogen and oxygen atoms in total. The number of carbonyl (C=O) groups is 1. The van der Waals surface area contributed by atoms with E-state index in [0.29, 0.717) is 24.6 Å². The van der Waals surface area contributed by atoms with E-state index in [9.17, 15) is 4.79 Å². The van der Waals surface area contributed by atoms with Gasteiger partial charge in [0.1, 0.15) is 5.75 Å². The molecule has 1 unspecified atom stereocenters. The number of ether oxygens (including phenoxy) is 1. The Balaban J connectivity index is 0.00000385. The molecule has 1 amide bonds. The van der Waals surface area contributed by atoms with Crippen LogP contribution in [0.3, 0.4) is 0 Å². The molecule has 2 aromatic rings. The molecule has 1 aliphatic heterocycles. The standard InChI is InChI=1S/C25H35N5O2.HI/c1-26-25(30-14-12-22(18-30)20-8-10-23(32-4)11-9-20)28-17-19-6-5-7-21(16-19)24(31)27-13-15-29(2)3;/h5-11,16,22H,12-15,17-18H2,1-4H3,(H,26,28)(H,27,31);1H. The summed E-state index contributed by atoms with van der Waals surface area (Å²) in [7, 11) is 7.49. The zero-order valence-corrected chi connectivity index (χ0v) is 22.3. The molecule has 0 bridgehead atoms. The number of guanidine groups is 1. The predicted octanol–water partition coefficient (Wildman–Crippen LogP) is 3.17. The van der Waals surface area contributed by atoms with Crippen molar-refractivity contribution in [2.24, 2.45) is 4.99 Å². The first-order chi connectivity index (χ1) is 15.5. The van der Waals surface area contributed by atoms with E-state index in [2.05, 4.69) is 32.7 Å². The quantitative estimate of drug-likeness (QED) is 0.293. The van der Waals surface area contributed by atoms with Crippen LogP contribution in [-0.2, 0) is 6.54 Å². The number of likely N-dealkylation sites (N-methyl/N-ethyl adjacent to an activating group) is 1. The van der Waals surface area contributed by atoms with E-state index in [1.54, 1.807) is 7.11 Å². The van der Waals surface area contributed by atoms with E-state index in [-0.39, 0.29) is 29.9 Å². The predicted molar refractivity (Wildman–Crippen MR) is 145 cm³/mol. The third kappa shape index (κ3) is 7.89. The Morgan fingerprint density at radius 1 is 1.18 bits per heavy atom. The van der Waals surface area contributed by atoms with Crippen molar-refractivity contribution < 1.29 is 9.53 Å². The molecule has 1 heterocycles. The van der Waals surface area contributed by atoms with Crippen molar-refractivity contribution in [3.05, 3.63) is 65.2 Å². The second-order valence-corrected chi connectivity index (χ2v) is 8.37. The minimum Gasteiger partial charge on any atom is -0.497 e. The molecule has 2 aromatic carbocycles. The van der Waals surface area contributed by atoms with E-state index in [1.807, 2.05) is 62.4 Å². The Morgan fingerprint density at radius 2 is 1.94 bits per heavy atom. The maximum atomic E-state index is 12.4. The van der Waals surface area contributed by atoms with Crippen LogP contribution >= 0.6 is 24.0 Å². The first kappa shape index (κ1) is 26.9. The van der Waals surface area contributed by atoms with Gasteiger partial charge in [-0.1, -0.05) is 24.3 Å². The fourth-order valence-corrected chi connectivity index (χ4v) is 3.93. The van der Waals surface area contributed by atoms with E-state index < -0.39 is 0 Å². The summed E-state index contributed by atoms with van der Waals surface area (Å²) in [4.78, 5) is 21.2. The average molecular weight is 566 g/mol. The molecular formula is C25H36IN5O2. The van der Waals surface area contributed by atoms with Crippen LogP contribution in [0, 0.1) is 0 Å². The van der Waals surface area contributed by atoms with Gasteiger partial charge in [0.25, 0.3) is 5.91 Å². The number of carbonyl (C=O) groups excluding carboxylic acids is 1. The van der Waals surface area contributed by atoms with Crippen LogP contribution < -0.4 is 15.4 Å². The maximum absolute atomic E-state index is 12.4. The van der Waals surface area contributed by atoms with Crippen molar-refractivity contribution in [2.75, 3.05) is 54.4 Å². The summed E-state index contributed by atoms with van der Waals surface area (Å²) in [6, 6.07) is 16.1. The molecule has 0 aromatic heterocycles. The number of methoxy groups -OCH3 is 1. The van der Waals surface area contributed by atoms with Gasteiger partial charge in [-0.05, 0) is 55.9 Å². The van der Waals surface area contributed by atoms with Crippen LogP contribution in [-0.4, -0.2) is 76.1 Å². The first-order valence-corrected chi connectivity index (χ1v) is 11.1. The molecule has 8 heteroatoms. The van der Waals surface area contributed by atoms with Gasteiger partial charge in [0.05, 0.1) is 7.11 Å². The third-order valence-electron chi connectivity index (χ3n) is 5.77. The number of hydrogen-bond donors (Lipinski definition) is 2. The van der Waals surface area contributed by atoms with Crippen molar-refractivity contribution in [3.8, 4) is 5.75 Å². The van der Waals surface area contributed by atoms with Gasteiger partial charge in [-0.15, -0.1) is 24.0 Å². The highest BCUT2D eigenvalue weighted by Gasteiger charge is 2.26. The summed E-state index contributed by atoms with van der Waals surface area (Å²) in [5, 5.41) is 6.42. The molecule has 3 rings (SSSR count). The second-order valence-electron chi connectivity index (χ2n) is 8.37. The summed E-state index contributed by atoms with van der Waals surface area (Å²) >= 11 is 0. The summed E-state index contributed by atoms with van der Waals surface area (Å²) in [5.41, 5.74) is 3.06. The molecule has 1 aliphatic rings. The molecule has 0 saturated carbocycles. The molecule has 0 radical (unpaired) electrons. The molecule has 1 fully saturated rings. The molecule has 33 heavy (non-hydrogen) atoms. The summed E-state index contributed by atoms with van der Waals surface area (Å²) < 4.78 is 5.27. The minimum absolute atomic E-state index is 0. The van der Waals surface area contributed by atoms with Crippen molar-refractivity contribution in [1.29, 1.82) is 0 Å². The zero-order chi connectivity index (χ0) is 22.9. The largest absolute Gasteiger partial charge is 0.497 e. The fraction of sp³-hybridized carbons (Fsp3) is 0.440. The Labute approximate surface area is 214 Å². The summed E-state index contributed by atoms with van der Waals surface area (Å²) in [6.45, 7) is 3.96. The monoisotopic (exact) mass is 565 g/mol. The molecule has 0 spiro atoms. The van der Waals surface area contributed by atoms with Crippen LogP contribution in [0.15, 0.2) is 53.5 Å². The van der Waals surface area contributed by atoms with Crippen LogP contribution in [0.5, 0.6) is 5.75 Å². The van der Waals surface area contributed by atoms with Crippen LogP contribution in [0.1, 0.15) is 33.8 Å². The first-order valence-electron chi connectivity index (χ1n) is 11.1. The number of nitrogens with one attached hydrogen (secondary N) is 2. The highest BCUT2D eigenvalue weighted by molar-refractivity contribution is 14.0. The molecule has 180 valence electrons.